The standard InChI is InChI=1S/C36H39N3O10/c1-20(8-7-13-28(41)38-18-22-10-6-5-9-21(22)16-25(38)19-40)36(48)26-17-23(37-33(45)32-30(43)29(42)31(44)34(46)49-32)14-15-27(26)39(35(36)47)24-11-3-2-4-12-24/h2-12,14-15,17,20,25,29-32,34,40,42-44,46,48H,13,16,18-19H2,1H3,(H,37,45)/b8-7+/t20-,25+,29+,30+,31-,32+,34-,36+/m1/s1. The lowest BCUT2D eigenvalue weighted by Crippen LogP contribution is -2.60. The number of benzene rings is 3. The minimum atomic E-state index is -2.14. The molecule has 6 rings (SSSR count). The van der Waals surface area contributed by atoms with Crippen LogP contribution in [0.25, 0.3) is 0 Å². The lowest BCUT2D eigenvalue weighted by Gasteiger charge is -2.37. The molecule has 7 N–H and O–H groups in total. The Labute approximate surface area is 282 Å². The van der Waals surface area contributed by atoms with Gasteiger partial charge in [-0.25, -0.2) is 0 Å². The van der Waals surface area contributed by atoms with Crippen LogP contribution in [0, 0.1) is 5.92 Å². The summed E-state index contributed by atoms with van der Waals surface area (Å²) in [6.45, 7) is 1.81. The van der Waals surface area contributed by atoms with Crippen LogP contribution in [0.2, 0.25) is 0 Å². The molecule has 8 atom stereocenters. The predicted octanol–water partition coefficient (Wildman–Crippen LogP) is 0.819. The van der Waals surface area contributed by atoms with E-state index in [0.29, 0.717) is 24.3 Å². The van der Waals surface area contributed by atoms with Crippen molar-refractivity contribution >= 4 is 34.8 Å². The predicted molar refractivity (Wildman–Crippen MR) is 176 cm³/mol. The quantitative estimate of drug-likeness (QED) is 0.168. The molecule has 3 aromatic carbocycles. The summed E-state index contributed by atoms with van der Waals surface area (Å²) in [5, 5.41) is 64.7. The highest BCUT2D eigenvalue weighted by Gasteiger charge is 2.53. The van der Waals surface area contributed by atoms with Crippen LogP contribution in [0.1, 0.15) is 30.0 Å². The van der Waals surface area contributed by atoms with Crippen molar-refractivity contribution < 1.29 is 49.8 Å². The minimum absolute atomic E-state index is 0.0330. The summed E-state index contributed by atoms with van der Waals surface area (Å²) in [5.74, 6) is -2.68. The molecule has 1 fully saturated rings. The summed E-state index contributed by atoms with van der Waals surface area (Å²) in [4.78, 5) is 43.5. The number of nitrogens with one attached hydrogen (secondary N) is 1. The van der Waals surface area contributed by atoms with Crippen molar-refractivity contribution in [1.29, 1.82) is 0 Å². The Morgan fingerprint density at radius 1 is 0.980 bits per heavy atom. The third kappa shape index (κ3) is 6.26. The van der Waals surface area contributed by atoms with Gasteiger partial charge in [0, 0.05) is 35.8 Å². The van der Waals surface area contributed by atoms with Crippen LogP contribution >= 0.6 is 0 Å². The van der Waals surface area contributed by atoms with Crippen molar-refractivity contribution in [2.45, 2.75) is 68.7 Å². The van der Waals surface area contributed by atoms with E-state index >= 15 is 0 Å². The Morgan fingerprint density at radius 2 is 1.67 bits per heavy atom. The maximum Gasteiger partial charge on any atom is 0.268 e. The Balaban J connectivity index is 1.25. The van der Waals surface area contributed by atoms with Gasteiger partial charge in [-0.2, -0.15) is 0 Å². The number of para-hydroxylation sites is 1. The van der Waals surface area contributed by atoms with Crippen LogP contribution in [0.5, 0.6) is 0 Å². The molecule has 0 unspecified atom stereocenters. The van der Waals surface area contributed by atoms with Gasteiger partial charge in [-0.05, 0) is 47.9 Å². The number of aliphatic hydroxyl groups is 6. The highest BCUT2D eigenvalue weighted by atomic mass is 16.6. The number of hydrogen-bond acceptors (Lipinski definition) is 10. The molecule has 0 aliphatic carbocycles. The van der Waals surface area contributed by atoms with Gasteiger partial charge in [-0.15, -0.1) is 0 Å². The van der Waals surface area contributed by atoms with Crippen molar-refractivity contribution in [2.24, 2.45) is 5.92 Å². The molecule has 1 saturated heterocycles. The Kier molecular flexibility index (Phi) is 9.69. The summed E-state index contributed by atoms with van der Waals surface area (Å²) < 4.78 is 5.04. The average molecular weight is 674 g/mol. The van der Waals surface area contributed by atoms with Gasteiger partial charge >= 0.3 is 0 Å². The minimum Gasteiger partial charge on any atom is -0.394 e. The fourth-order valence-corrected chi connectivity index (χ4v) is 6.75. The molecular formula is C36H39N3O10. The molecule has 3 aromatic rings. The Morgan fingerprint density at radius 3 is 2.39 bits per heavy atom. The van der Waals surface area contributed by atoms with Crippen LogP contribution in [-0.4, -0.2) is 96.6 Å². The largest absolute Gasteiger partial charge is 0.394 e. The summed E-state index contributed by atoms with van der Waals surface area (Å²) in [7, 11) is 0. The number of nitrogens with zero attached hydrogens (tertiary/aromatic N) is 2. The molecule has 3 heterocycles. The van der Waals surface area contributed by atoms with Crippen molar-refractivity contribution in [1.82, 2.24) is 4.90 Å². The van der Waals surface area contributed by atoms with Gasteiger partial charge in [0.25, 0.3) is 11.8 Å². The first kappa shape index (κ1) is 34.4. The third-order valence-electron chi connectivity index (χ3n) is 9.57. The van der Waals surface area contributed by atoms with E-state index in [2.05, 4.69) is 5.32 Å². The molecule has 3 aliphatic rings. The highest BCUT2D eigenvalue weighted by Crippen LogP contribution is 2.49. The summed E-state index contributed by atoms with van der Waals surface area (Å²) in [6, 6.07) is 20.5. The molecule has 258 valence electrons. The number of ether oxygens (including phenoxy) is 1. The first-order chi connectivity index (χ1) is 23.4. The molecule has 0 bridgehead atoms. The molecule has 13 heteroatoms. The van der Waals surface area contributed by atoms with Crippen LogP contribution in [0.15, 0.2) is 84.9 Å². The van der Waals surface area contributed by atoms with E-state index in [1.165, 1.54) is 17.0 Å². The normalized spacial score (nSPS) is 28.7. The van der Waals surface area contributed by atoms with E-state index in [1.807, 2.05) is 24.3 Å². The fourth-order valence-electron chi connectivity index (χ4n) is 6.75. The first-order valence-corrected chi connectivity index (χ1v) is 16.0. The maximum atomic E-state index is 14.1. The zero-order valence-corrected chi connectivity index (χ0v) is 26.7. The number of carbonyl (C=O) groups excluding carboxylic acids is 3. The van der Waals surface area contributed by atoms with Gasteiger partial charge in [0.2, 0.25) is 5.91 Å². The zero-order chi connectivity index (χ0) is 35.0. The molecule has 49 heavy (non-hydrogen) atoms. The third-order valence-corrected chi connectivity index (χ3v) is 9.57. The second kappa shape index (κ2) is 13.8. The molecule has 0 spiro atoms. The van der Waals surface area contributed by atoms with Gasteiger partial charge in [0.1, 0.15) is 18.3 Å². The number of hydrogen-bond donors (Lipinski definition) is 7. The van der Waals surface area contributed by atoms with E-state index in [1.54, 1.807) is 60.4 Å². The van der Waals surface area contributed by atoms with E-state index < -0.39 is 54.0 Å². The van der Waals surface area contributed by atoms with Gasteiger partial charge in [-0.1, -0.05) is 61.5 Å². The van der Waals surface area contributed by atoms with Crippen molar-refractivity contribution in [3.8, 4) is 0 Å². The monoisotopic (exact) mass is 673 g/mol. The lowest BCUT2D eigenvalue weighted by atomic mass is 9.82. The second-order valence-corrected chi connectivity index (χ2v) is 12.6. The highest BCUT2D eigenvalue weighted by molar-refractivity contribution is 6.12. The number of fused-ring (bicyclic) bond motifs is 2. The molecule has 13 nitrogen and oxygen atoms in total. The molecule has 3 aliphatic heterocycles. The SMILES string of the molecule is C[C@H](/C=C/CC(=O)N1Cc2ccccc2C[C@H]1CO)[C@@]1(O)C(=O)N(c2ccccc2)c2ccc(NC(=O)[C@H]3O[C@@H](O)[C@H](O)[C@@H](O)[C@@H]3O)cc21. The van der Waals surface area contributed by atoms with Gasteiger partial charge in [-0.3, -0.25) is 19.3 Å². The van der Waals surface area contributed by atoms with E-state index in [0.717, 1.165) is 11.1 Å². The molecule has 0 saturated carbocycles. The average Bonchev–Trinajstić information content (AvgIpc) is 3.34. The molecular weight excluding hydrogens is 634 g/mol. The van der Waals surface area contributed by atoms with Crippen molar-refractivity contribution in [3.63, 3.8) is 0 Å². The molecule has 0 aromatic heterocycles. The first-order valence-electron chi connectivity index (χ1n) is 16.0. The number of anilines is 3. The molecule has 3 amide bonds. The van der Waals surface area contributed by atoms with E-state index in [9.17, 15) is 45.0 Å². The summed E-state index contributed by atoms with van der Waals surface area (Å²) in [6.07, 6.45) is -5.48. The number of aliphatic hydroxyl groups excluding tert-OH is 5. The van der Waals surface area contributed by atoms with Crippen molar-refractivity contribution in [3.05, 3.63) is 102 Å². The second-order valence-electron chi connectivity index (χ2n) is 12.6. The van der Waals surface area contributed by atoms with E-state index in [4.69, 9.17) is 4.74 Å². The summed E-state index contributed by atoms with van der Waals surface area (Å²) >= 11 is 0. The van der Waals surface area contributed by atoms with Gasteiger partial charge in [0.05, 0.1) is 18.3 Å². The van der Waals surface area contributed by atoms with Crippen LogP contribution < -0.4 is 10.2 Å². The zero-order valence-electron chi connectivity index (χ0n) is 26.7. The molecule has 0 radical (unpaired) electrons. The fraction of sp³-hybridized carbons (Fsp3) is 0.361. The number of carbonyl (C=O) groups is 3. The van der Waals surface area contributed by atoms with Crippen LogP contribution in [0.3, 0.4) is 0 Å². The van der Waals surface area contributed by atoms with Crippen LogP contribution in [-0.2, 0) is 37.7 Å². The maximum absolute atomic E-state index is 14.1. The topological polar surface area (TPSA) is 200 Å². The number of amides is 3. The van der Waals surface area contributed by atoms with E-state index in [-0.39, 0.29) is 36.2 Å². The Bertz CT molecular complexity index is 1750. The van der Waals surface area contributed by atoms with Crippen molar-refractivity contribution in [2.75, 3.05) is 16.8 Å². The van der Waals surface area contributed by atoms with Gasteiger partial charge < -0.3 is 45.6 Å². The summed E-state index contributed by atoms with van der Waals surface area (Å²) in [5.41, 5.74) is 1.09. The van der Waals surface area contributed by atoms with Gasteiger partial charge in [0.15, 0.2) is 18.0 Å². The smallest absolute Gasteiger partial charge is 0.268 e. The lowest BCUT2D eigenvalue weighted by molar-refractivity contribution is -0.274. The van der Waals surface area contributed by atoms with Crippen LogP contribution in [0.4, 0.5) is 17.1 Å². The Hall–Kier alpha value is -4.47. The number of rotatable bonds is 8.